The number of carboxylic acids is 1. The topological polar surface area (TPSA) is 146 Å². The maximum atomic E-state index is 13.0. The van der Waals surface area contributed by atoms with Crippen molar-refractivity contribution in [2.75, 3.05) is 17.9 Å². The number of hydrogen-bond acceptors (Lipinski definition) is 6. The lowest BCUT2D eigenvalue weighted by molar-refractivity contribution is -0.142. The number of nitrogens with one attached hydrogen (secondary N) is 4. The number of aryl methyl sites for hydroxylation is 2. The number of benzene rings is 3. The molecule has 3 aromatic rings. The molecule has 3 amide bonds. The number of aliphatic carboxylic acids is 1. The van der Waals surface area contributed by atoms with Crippen molar-refractivity contribution < 1.29 is 29.0 Å². The highest BCUT2D eigenvalue weighted by Crippen LogP contribution is 2.29. The van der Waals surface area contributed by atoms with Crippen LogP contribution < -0.4 is 26.2 Å². The summed E-state index contributed by atoms with van der Waals surface area (Å²) < 4.78 is 5.13. The Morgan fingerprint density at radius 3 is 1.93 bits per heavy atom. The summed E-state index contributed by atoms with van der Waals surface area (Å²) in [5, 5.41) is 15.4. The van der Waals surface area contributed by atoms with E-state index >= 15 is 0 Å². The first kappa shape index (κ1) is 31.1. The molecule has 0 heterocycles. The monoisotopic (exact) mass is 586 g/mol. The van der Waals surface area contributed by atoms with Crippen molar-refractivity contribution in [3.8, 4) is 5.75 Å². The molecule has 0 radical (unpaired) electrons. The summed E-state index contributed by atoms with van der Waals surface area (Å²) in [6.45, 7) is 3.77. The molecule has 0 aromatic heterocycles. The minimum atomic E-state index is -1.13. The van der Waals surface area contributed by atoms with Crippen molar-refractivity contribution in [2.45, 2.75) is 52.0 Å². The van der Waals surface area contributed by atoms with E-state index in [-0.39, 0.29) is 36.0 Å². The van der Waals surface area contributed by atoms with Crippen LogP contribution in [0.1, 0.15) is 52.7 Å². The van der Waals surface area contributed by atoms with Gasteiger partial charge in [0.05, 0.1) is 12.8 Å². The van der Waals surface area contributed by atoms with Crippen molar-refractivity contribution in [1.82, 2.24) is 10.7 Å². The van der Waals surface area contributed by atoms with E-state index in [1.807, 2.05) is 32.0 Å². The second-order valence-corrected chi connectivity index (χ2v) is 10.9. The number of ether oxygens (including phenoxy) is 1. The summed E-state index contributed by atoms with van der Waals surface area (Å²) in [6, 6.07) is 18.6. The summed E-state index contributed by atoms with van der Waals surface area (Å²) >= 11 is 0. The molecule has 1 atom stereocenters. The Kier molecular flexibility index (Phi) is 10.4. The standard InChI is InChI=1S/C33H38N4O6/c1-20-5-4-6-21(2)29(20)32(40)34-25-13-7-22(8-14-25)19-28(33(41)42)35-30(38)23-9-11-24(12-10-23)31(39)37-36-26-15-17-27(43-3)18-16-26/h4-8,13-18,23-24,28,36H,9-12,19H2,1-3H3,(H,34,40)(H,35,38)(H,37,39)(H,41,42). The van der Waals surface area contributed by atoms with Gasteiger partial charge >= 0.3 is 5.97 Å². The van der Waals surface area contributed by atoms with E-state index in [1.165, 1.54) is 0 Å². The van der Waals surface area contributed by atoms with Gasteiger partial charge in [0.15, 0.2) is 0 Å². The molecule has 1 aliphatic carbocycles. The predicted octanol–water partition coefficient (Wildman–Crippen LogP) is 4.63. The smallest absolute Gasteiger partial charge is 0.326 e. The highest BCUT2D eigenvalue weighted by molar-refractivity contribution is 6.06. The Bertz CT molecular complexity index is 1430. The minimum absolute atomic E-state index is 0.0982. The number of rotatable bonds is 11. The summed E-state index contributed by atoms with van der Waals surface area (Å²) in [5.41, 5.74) is 10.0. The third-order valence-corrected chi connectivity index (χ3v) is 7.86. The summed E-state index contributed by atoms with van der Waals surface area (Å²) in [7, 11) is 1.58. The Labute approximate surface area is 251 Å². The summed E-state index contributed by atoms with van der Waals surface area (Å²) in [5.74, 6) is -1.68. The fourth-order valence-electron chi connectivity index (χ4n) is 5.34. The Morgan fingerprint density at radius 1 is 0.814 bits per heavy atom. The molecule has 1 saturated carbocycles. The van der Waals surface area contributed by atoms with Crippen LogP contribution >= 0.6 is 0 Å². The average Bonchev–Trinajstić information content (AvgIpc) is 3.00. The van der Waals surface area contributed by atoms with Crippen LogP contribution in [0.25, 0.3) is 0 Å². The van der Waals surface area contributed by atoms with Crippen LogP contribution in [0.2, 0.25) is 0 Å². The normalized spacial score (nSPS) is 16.8. The van der Waals surface area contributed by atoms with Crippen molar-refractivity contribution >= 4 is 35.1 Å². The maximum absolute atomic E-state index is 13.0. The zero-order chi connectivity index (χ0) is 30.9. The van der Waals surface area contributed by atoms with Gasteiger partial charge in [-0.15, -0.1) is 0 Å². The van der Waals surface area contributed by atoms with E-state index in [4.69, 9.17) is 4.74 Å². The molecule has 4 rings (SSSR count). The molecule has 0 aliphatic heterocycles. The van der Waals surface area contributed by atoms with Crippen LogP contribution in [-0.4, -0.2) is 41.9 Å². The molecule has 3 aromatic carbocycles. The number of carboxylic acid groups (broad SMARTS) is 1. The molecular formula is C33H38N4O6. The predicted molar refractivity (Wildman–Crippen MR) is 164 cm³/mol. The molecule has 0 spiro atoms. The van der Waals surface area contributed by atoms with E-state index in [0.717, 1.165) is 16.8 Å². The number of hydrogen-bond donors (Lipinski definition) is 5. The first-order valence-corrected chi connectivity index (χ1v) is 14.3. The number of anilines is 2. The Hall–Kier alpha value is -4.86. The molecule has 1 aliphatic rings. The van der Waals surface area contributed by atoms with Crippen LogP contribution in [0.3, 0.4) is 0 Å². The quantitative estimate of drug-likeness (QED) is 0.206. The van der Waals surface area contributed by atoms with Crippen LogP contribution in [0.5, 0.6) is 5.75 Å². The van der Waals surface area contributed by atoms with Gasteiger partial charge in [0, 0.05) is 29.5 Å². The number of methoxy groups -OCH3 is 1. The van der Waals surface area contributed by atoms with Gasteiger partial charge in [0.2, 0.25) is 11.8 Å². The zero-order valence-corrected chi connectivity index (χ0v) is 24.6. The number of carbonyl (C=O) groups excluding carboxylic acids is 3. The molecular weight excluding hydrogens is 548 g/mol. The van der Waals surface area contributed by atoms with Crippen molar-refractivity contribution in [1.29, 1.82) is 0 Å². The summed E-state index contributed by atoms with van der Waals surface area (Å²) in [6.07, 6.45) is 2.14. The highest BCUT2D eigenvalue weighted by Gasteiger charge is 2.32. The number of hydrazine groups is 1. The lowest BCUT2D eigenvalue weighted by Gasteiger charge is -2.28. The third kappa shape index (κ3) is 8.34. The summed E-state index contributed by atoms with van der Waals surface area (Å²) in [4.78, 5) is 50.4. The van der Waals surface area contributed by atoms with E-state index < -0.39 is 12.0 Å². The van der Waals surface area contributed by atoms with E-state index in [9.17, 15) is 24.3 Å². The minimum Gasteiger partial charge on any atom is -0.497 e. The second kappa shape index (κ2) is 14.4. The lowest BCUT2D eigenvalue weighted by atomic mass is 9.81. The van der Waals surface area contributed by atoms with Crippen LogP contribution in [0.4, 0.5) is 11.4 Å². The zero-order valence-electron chi connectivity index (χ0n) is 24.6. The first-order chi connectivity index (χ1) is 20.6. The fraction of sp³-hybridized carbons (Fsp3) is 0.333. The molecule has 0 bridgehead atoms. The van der Waals surface area contributed by atoms with E-state index in [2.05, 4.69) is 21.5 Å². The maximum Gasteiger partial charge on any atom is 0.326 e. The van der Waals surface area contributed by atoms with Crippen LogP contribution in [0.15, 0.2) is 66.7 Å². The molecule has 43 heavy (non-hydrogen) atoms. The van der Waals surface area contributed by atoms with Crippen LogP contribution in [-0.2, 0) is 20.8 Å². The molecule has 5 N–H and O–H groups in total. The highest BCUT2D eigenvalue weighted by atomic mass is 16.5. The van der Waals surface area contributed by atoms with Gasteiger partial charge in [0.25, 0.3) is 5.91 Å². The van der Waals surface area contributed by atoms with Gasteiger partial charge in [-0.2, -0.15) is 0 Å². The van der Waals surface area contributed by atoms with Crippen molar-refractivity contribution in [2.24, 2.45) is 11.8 Å². The Balaban J connectivity index is 1.25. The molecule has 0 saturated heterocycles. The largest absolute Gasteiger partial charge is 0.497 e. The van der Waals surface area contributed by atoms with Gasteiger partial charge in [-0.3, -0.25) is 25.2 Å². The van der Waals surface area contributed by atoms with E-state index in [0.29, 0.717) is 48.2 Å². The van der Waals surface area contributed by atoms with Crippen LogP contribution in [0, 0.1) is 25.7 Å². The van der Waals surface area contributed by atoms with Gasteiger partial charge in [0.1, 0.15) is 11.8 Å². The van der Waals surface area contributed by atoms with Gasteiger partial charge in [-0.05, 0) is 92.6 Å². The molecule has 10 heteroatoms. The first-order valence-electron chi connectivity index (χ1n) is 14.3. The average molecular weight is 587 g/mol. The van der Waals surface area contributed by atoms with Gasteiger partial charge in [-0.1, -0.05) is 30.3 Å². The van der Waals surface area contributed by atoms with Crippen molar-refractivity contribution in [3.05, 3.63) is 89.0 Å². The molecule has 1 fully saturated rings. The molecule has 1 unspecified atom stereocenters. The van der Waals surface area contributed by atoms with Gasteiger partial charge < -0.3 is 20.5 Å². The number of amides is 3. The number of carbonyl (C=O) groups is 4. The molecule has 10 nitrogen and oxygen atoms in total. The second-order valence-electron chi connectivity index (χ2n) is 10.9. The van der Waals surface area contributed by atoms with E-state index in [1.54, 1.807) is 55.6 Å². The third-order valence-electron chi connectivity index (χ3n) is 7.86. The van der Waals surface area contributed by atoms with Crippen molar-refractivity contribution in [3.63, 3.8) is 0 Å². The molecule has 226 valence electrons. The van der Waals surface area contributed by atoms with Gasteiger partial charge in [-0.25, -0.2) is 4.79 Å². The lowest BCUT2D eigenvalue weighted by Crippen LogP contribution is -2.46. The fourth-order valence-corrected chi connectivity index (χ4v) is 5.34. The SMILES string of the molecule is COc1ccc(NNC(=O)C2CCC(C(=O)NC(Cc3ccc(NC(=O)c4c(C)cccc4C)cc3)C(=O)O)CC2)cc1. The Morgan fingerprint density at radius 2 is 1.37 bits per heavy atom.